The van der Waals surface area contributed by atoms with E-state index in [9.17, 15) is 4.79 Å². The molecule has 1 aliphatic heterocycles. The van der Waals surface area contributed by atoms with Gasteiger partial charge in [-0.05, 0) is 59.2 Å². The molecule has 6 heteroatoms. The summed E-state index contributed by atoms with van der Waals surface area (Å²) in [6.45, 7) is 2.05. The van der Waals surface area contributed by atoms with Crippen molar-refractivity contribution in [2.75, 3.05) is 7.11 Å². The molecule has 0 spiro atoms. The van der Waals surface area contributed by atoms with E-state index in [0.29, 0.717) is 16.4 Å². The monoisotopic (exact) mass is 418 g/mol. The highest BCUT2D eigenvalue weighted by molar-refractivity contribution is 7.80. The fourth-order valence-corrected chi connectivity index (χ4v) is 3.84. The first kappa shape index (κ1) is 19.9. The highest BCUT2D eigenvalue weighted by atomic mass is 32.1. The summed E-state index contributed by atoms with van der Waals surface area (Å²) in [5, 5.41) is 8.85. The Morgan fingerprint density at radius 3 is 2.53 bits per heavy atom. The molecule has 3 aromatic carbocycles. The number of esters is 1. The highest BCUT2D eigenvalue weighted by Gasteiger charge is 2.31. The van der Waals surface area contributed by atoms with Gasteiger partial charge in [0.05, 0.1) is 18.7 Å². The van der Waals surface area contributed by atoms with E-state index < -0.39 is 6.04 Å². The second-order valence-electron chi connectivity index (χ2n) is 7.10. The number of carbonyl (C=O) groups is 1. The highest BCUT2D eigenvalue weighted by Crippen LogP contribution is 2.31. The van der Waals surface area contributed by atoms with Gasteiger partial charge >= 0.3 is 5.97 Å². The van der Waals surface area contributed by atoms with Gasteiger partial charge < -0.3 is 20.1 Å². The van der Waals surface area contributed by atoms with E-state index in [0.717, 1.165) is 27.6 Å². The Balaban J connectivity index is 1.64. The minimum atomic E-state index is -0.395. The molecule has 0 amide bonds. The number of carbonyl (C=O) groups excluding carboxylic acids is 1. The summed E-state index contributed by atoms with van der Waals surface area (Å²) in [6.07, 6.45) is 0. The van der Waals surface area contributed by atoms with Crippen LogP contribution < -0.4 is 15.4 Å². The Kier molecular flexibility index (Phi) is 5.68. The number of rotatable bonds is 5. The maximum absolute atomic E-state index is 13.0. The molecule has 152 valence electrons. The zero-order chi connectivity index (χ0) is 21.1. The third-order valence-electron chi connectivity index (χ3n) is 5.11. The molecule has 4 rings (SSSR count). The molecule has 0 fully saturated rings. The number of thiocarbonyl (C=S) groups is 1. The summed E-state index contributed by atoms with van der Waals surface area (Å²) in [6, 6.07) is 21.2. The number of fused-ring (bicyclic) bond motifs is 1. The van der Waals surface area contributed by atoms with Crippen molar-refractivity contribution in [3.8, 4) is 5.75 Å². The Hall–Kier alpha value is -3.38. The molecule has 0 unspecified atom stereocenters. The lowest BCUT2D eigenvalue weighted by atomic mass is 9.94. The van der Waals surface area contributed by atoms with Crippen LogP contribution >= 0.6 is 12.2 Å². The van der Waals surface area contributed by atoms with Crippen LogP contribution in [0.5, 0.6) is 5.75 Å². The van der Waals surface area contributed by atoms with E-state index in [1.807, 2.05) is 67.6 Å². The van der Waals surface area contributed by atoms with Gasteiger partial charge in [-0.3, -0.25) is 0 Å². The molecule has 1 atom stereocenters. The second-order valence-corrected chi connectivity index (χ2v) is 7.51. The van der Waals surface area contributed by atoms with Crippen molar-refractivity contribution in [3.05, 3.63) is 89.1 Å². The minimum absolute atomic E-state index is 0.213. The molecule has 5 nitrogen and oxygen atoms in total. The first-order valence-electron chi connectivity index (χ1n) is 9.62. The first-order chi connectivity index (χ1) is 14.5. The van der Waals surface area contributed by atoms with Crippen molar-refractivity contribution >= 4 is 34.1 Å². The van der Waals surface area contributed by atoms with Gasteiger partial charge in [-0.2, -0.15) is 0 Å². The molecule has 0 bridgehead atoms. The Morgan fingerprint density at radius 2 is 1.77 bits per heavy atom. The van der Waals surface area contributed by atoms with Crippen LogP contribution in [0.2, 0.25) is 0 Å². The van der Waals surface area contributed by atoms with Gasteiger partial charge in [0.25, 0.3) is 0 Å². The van der Waals surface area contributed by atoms with Crippen LogP contribution in [-0.4, -0.2) is 18.2 Å². The van der Waals surface area contributed by atoms with Crippen molar-refractivity contribution in [2.45, 2.75) is 19.6 Å². The lowest BCUT2D eigenvalue weighted by molar-refractivity contribution is -0.140. The summed E-state index contributed by atoms with van der Waals surface area (Å²) < 4.78 is 10.9. The molecule has 0 saturated carbocycles. The Morgan fingerprint density at radius 1 is 1.03 bits per heavy atom. The second kappa shape index (κ2) is 8.55. The zero-order valence-electron chi connectivity index (χ0n) is 16.8. The molecule has 3 aromatic rings. The Labute approximate surface area is 180 Å². The quantitative estimate of drug-likeness (QED) is 0.474. The summed E-state index contributed by atoms with van der Waals surface area (Å²) in [5.74, 6) is 0.427. The number of hydrogen-bond donors (Lipinski definition) is 2. The fraction of sp³-hybridized carbons (Fsp3) is 0.167. The van der Waals surface area contributed by atoms with Crippen LogP contribution in [0.4, 0.5) is 0 Å². The predicted molar refractivity (Wildman–Crippen MR) is 121 cm³/mol. The van der Waals surface area contributed by atoms with Gasteiger partial charge in [-0.1, -0.05) is 48.5 Å². The van der Waals surface area contributed by atoms with E-state index >= 15 is 0 Å². The van der Waals surface area contributed by atoms with Crippen molar-refractivity contribution in [1.29, 1.82) is 0 Å². The Bertz CT molecular complexity index is 1140. The van der Waals surface area contributed by atoms with Crippen LogP contribution in [0.25, 0.3) is 10.8 Å². The van der Waals surface area contributed by atoms with Gasteiger partial charge in [0.15, 0.2) is 5.11 Å². The topological polar surface area (TPSA) is 59.6 Å². The standard InChI is InChI=1S/C24H22N2O3S/c1-15-21(23(27)29-14-16-6-4-3-5-7-16)22(26-24(30)25-15)19-9-8-18-13-20(28-2)11-10-17(18)12-19/h3-13,22H,14H2,1-2H3,(H2,25,26,30)/t22-/m0/s1. The number of methoxy groups -OCH3 is 1. The van der Waals surface area contributed by atoms with Crippen molar-refractivity contribution in [1.82, 2.24) is 10.6 Å². The summed E-state index contributed by atoms with van der Waals surface area (Å²) >= 11 is 5.34. The van der Waals surface area contributed by atoms with Gasteiger partial charge in [0.2, 0.25) is 0 Å². The van der Waals surface area contributed by atoms with Crippen molar-refractivity contribution < 1.29 is 14.3 Å². The molecule has 0 radical (unpaired) electrons. The SMILES string of the molecule is COc1ccc2cc([C@@H]3NC(=S)NC(C)=C3C(=O)OCc3ccccc3)ccc2c1. The van der Waals surface area contributed by atoms with Gasteiger partial charge in [0, 0.05) is 5.70 Å². The summed E-state index contributed by atoms with van der Waals surface area (Å²) in [4.78, 5) is 13.0. The largest absolute Gasteiger partial charge is 0.497 e. The van der Waals surface area contributed by atoms with Crippen molar-refractivity contribution in [2.24, 2.45) is 0 Å². The summed E-state index contributed by atoms with van der Waals surface area (Å²) in [5.41, 5.74) is 3.08. The lowest BCUT2D eigenvalue weighted by Crippen LogP contribution is -2.45. The molecule has 30 heavy (non-hydrogen) atoms. The normalized spacial score (nSPS) is 16.1. The van der Waals surface area contributed by atoms with Crippen LogP contribution in [0.15, 0.2) is 78.0 Å². The smallest absolute Gasteiger partial charge is 0.338 e. The van der Waals surface area contributed by atoms with E-state index in [2.05, 4.69) is 16.7 Å². The molecule has 0 aromatic heterocycles. The number of benzene rings is 3. The van der Waals surface area contributed by atoms with Gasteiger partial charge in [-0.15, -0.1) is 0 Å². The van der Waals surface area contributed by atoms with Crippen LogP contribution in [0.1, 0.15) is 24.1 Å². The minimum Gasteiger partial charge on any atom is -0.497 e. The molecule has 1 aliphatic rings. The average Bonchev–Trinajstić information content (AvgIpc) is 2.77. The van der Waals surface area contributed by atoms with E-state index in [4.69, 9.17) is 21.7 Å². The number of nitrogens with one attached hydrogen (secondary N) is 2. The van der Waals surface area contributed by atoms with Crippen LogP contribution in [0, 0.1) is 0 Å². The number of hydrogen-bond acceptors (Lipinski definition) is 4. The average molecular weight is 419 g/mol. The fourth-order valence-electron chi connectivity index (χ4n) is 3.56. The lowest BCUT2D eigenvalue weighted by Gasteiger charge is -2.30. The molecule has 1 heterocycles. The molecule has 0 saturated heterocycles. The van der Waals surface area contributed by atoms with Crippen LogP contribution in [-0.2, 0) is 16.1 Å². The predicted octanol–water partition coefficient (Wildman–Crippen LogP) is 4.38. The molecule has 0 aliphatic carbocycles. The zero-order valence-corrected chi connectivity index (χ0v) is 17.6. The maximum Gasteiger partial charge on any atom is 0.338 e. The van der Waals surface area contributed by atoms with Crippen LogP contribution in [0.3, 0.4) is 0 Å². The number of allylic oxidation sites excluding steroid dienone is 1. The molecular formula is C24H22N2O3S. The van der Waals surface area contributed by atoms with E-state index in [1.165, 1.54) is 0 Å². The third kappa shape index (κ3) is 4.14. The molecular weight excluding hydrogens is 396 g/mol. The van der Waals surface area contributed by atoms with Crippen molar-refractivity contribution in [3.63, 3.8) is 0 Å². The maximum atomic E-state index is 13.0. The van der Waals surface area contributed by atoms with Gasteiger partial charge in [0.1, 0.15) is 12.4 Å². The third-order valence-corrected chi connectivity index (χ3v) is 5.33. The van der Waals surface area contributed by atoms with Gasteiger partial charge in [-0.25, -0.2) is 4.79 Å². The number of ether oxygens (including phenoxy) is 2. The summed E-state index contributed by atoms with van der Waals surface area (Å²) in [7, 11) is 1.65. The first-order valence-corrected chi connectivity index (χ1v) is 10.0. The van der Waals surface area contributed by atoms with E-state index in [-0.39, 0.29) is 12.6 Å². The molecule has 2 N–H and O–H groups in total. The van der Waals surface area contributed by atoms with E-state index in [1.54, 1.807) is 7.11 Å².